The summed E-state index contributed by atoms with van der Waals surface area (Å²) in [6, 6.07) is 5.50. The Kier molecular flexibility index (Phi) is 5.71. The number of rotatable bonds is 1. The van der Waals surface area contributed by atoms with E-state index >= 15 is 0 Å². The molecule has 1 aromatic carbocycles. The lowest BCUT2D eigenvalue weighted by Crippen LogP contribution is -2.33. The Bertz CT molecular complexity index is 1050. The summed E-state index contributed by atoms with van der Waals surface area (Å²) in [7, 11) is 5.44. The van der Waals surface area contributed by atoms with E-state index in [2.05, 4.69) is 32.2 Å². The number of benzene rings is 1. The standard InChI is InChI=1S/C21H26N6O3/c1-26-7-4-8-27(2)18(28)12-30-17-9-15(5-6-16(17)29-3)25-21-19-14(11-26)10-22-20(19)23-13-24-21/h5-6,9-10,13H,4,7-8,11-12H2,1-3H3,(H2,22,23,24,25). The predicted octanol–water partition coefficient (Wildman–Crippen LogP) is 2.38. The van der Waals surface area contributed by atoms with Crippen molar-refractivity contribution in [3.05, 3.63) is 36.3 Å². The second-order valence-electron chi connectivity index (χ2n) is 7.45. The number of carbonyl (C=O) groups excluding carboxylic acids is 1. The molecule has 30 heavy (non-hydrogen) atoms. The van der Waals surface area contributed by atoms with E-state index in [1.807, 2.05) is 18.3 Å². The lowest BCUT2D eigenvalue weighted by Gasteiger charge is -2.21. The van der Waals surface area contributed by atoms with E-state index in [0.29, 0.717) is 23.9 Å². The van der Waals surface area contributed by atoms with E-state index in [0.717, 1.165) is 41.8 Å². The van der Waals surface area contributed by atoms with Crippen LogP contribution in [0.3, 0.4) is 0 Å². The number of aromatic nitrogens is 3. The molecule has 0 atom stereocenters. The van der Waals surface area contributed by atoms with Gasteiger partial charge < -0.3 is 29.6 Å². The van der Waals surface area contributed by atoms with Gasteiger partial charge in [-0.25, -0.2) is 9.97 Å². The number of amides is 1. The average molecular weight is 410 g/mol. The maximum Gasteiger partial charge on any atom is 0.260 e. The van der Waals surface area contributed by atoms with E-state index in [4.69, 9.17) is 9.47 Å². The number of hydrogen-bond acceptors (Lipinski definition) is 7. The van der Waals surface area contributed by atoms with Crippen LogP contribution in [0.25, 0.3) is 11.0 Å². The first-order valence-electron chi connectivity index (χ1n) is 9.86. The highest BCUT2D eigenvalue weighted by Crippen LogP contribution is 2.33. The molecule has 4 rings (SSSR count). The number of ether oxygens (including phenoxy) is 2. The zero-order chi connectivity index (χ0) is 21.1. The van der Waals surface area contributed by atoms with Crippen molar-refractivity contribution >= 4 is 28.4 Å². The lowest BCUT2D eigenvalue weighted by atomic mass is 10.2. The molecule has 3 heterocycles. The number of fused-ring (bicyclic) bond motifs is 2. The van der Waals surface area contributed by atoms with Crippen LogP contribution >= 0.6 is 0 Å². The fraction of sp³-hybridized carbons (Fsp3) is 0.381. The van der Waals surface area contributed by atoms with Gasteiger partial charge in [-0.05, 0) is 37.7 Å². The Labute approximate surface area is 175 Å². The van der Waals surface area contributed by atoms with Gasteiger partial charge in [0.15, 0.2) is 18.1 Å². The molecule has 0 aliphatic carbocycles. The van der Waals surface area contributed by atoms with E-state index in [-0.39, 0.29) is 12.5 Å². The number of carbonyl (C=O) groups is 1. The zero-order valence-corrected chi connectivity index (χ0v) is 17.4. The molecule has 3 aromatic rings. The first-order valence-corrected chi connectivity index (χ1v) is 9.86. The Morgan fingerprint density at radius 3 is 2.90 bits per heavy atom. The normalized spacial score (nSPS) is 16.2. The molecule has 0 unspecified atom stereocenters. The van der Waals surface area contributed by atoms with E-state index in [1.165, 1.54) is 6.33 Å². The summed E-state index contributed by atoms with van der Waals surface area (Å²) in [4.78, 5) is 28.4. The lowest BCUT2D eigenvalue weighted by molar-refractivity contribution is -0.132. The highest BCUT2D eigenvalue weighted by Gasteiger charge is 2.16. The van der Waals surface area contributed by atoms with Crippen molar-refractivity contribution in [2.75, 3.05) is 46.2 Å². The van der Waals surface area contributed by atoms with Gasteiger partial charge in [-0.1, -0.05) is 0 Å². The number of likely N-dealkylation sites (N-methyl/N-ethyl adjacent to an activating group) is 1. The van der Waals surface area contributed by atoms with Crippen LogP contribution < -0.4 is 14.8 Å². The summed E-state index contributed by atoms with van der Waals surface area (Å²) in [5.74, 6) is 1.70. The summed E-state index contributed by atoms with van der Waals surface area (Å²) in [6.07, 6.45) is 4.37. The maximum atomic E-state index is 12.4. The fourth-order valence-corrected chi connectivity index (χ4v) is 3.57. The van der Waals surface area contributed by atoms with Crippen LogP contribution in [0.15, 0.2) is 30.7 Å². The minimum Gasteiger partial charge on any atom is -0.493 e. The number of methoxy groups -OCH3 is 1. The third-order valence-corrected chi connectivity index (χ3v) is 5.23. The molecular weight excluding hydrogens is 384 g/mol. The first-order chi connectivity index (χ1) is 14.5. The van der Waals surface area contributed by atoms with E-state index < -0.39 is 0 Å². The van der Waals surface area contributed by atoms with Crippen molar-refractivity contribution < 1.29 is 14.3 Å². The summed E-state index contributed by atoms with van der Waals surface area (Å²) in [6.45, 7) is 2.21. The molecule has 2 aromatic heterocycles. The highest BCUT2D eigenvalue weighted by atomic mass is 16.5. The monoisotopic (exact) mass is 410 g/mol. The number of hydrogen-bond donors (Lipinski definition) is 2. The molecule has 0 spiro atoms. The Morgan fingerprint density at radius 1 is 1.20 bits per heavy atom. The van der Waals surface area contributed by atoms with Crippen molar-refractivity contribution in [2.45, 2.75) is 13.0 Å². The number of nitrogens with one attached hydrogen (secondary N) is 2. The van der Waals surface area contributed by atoms with Crippen molar-refractivity contribution in [3.63, 3.8) is 0 Å². The van der Waals surface area contributed by atoms with Crippen LogP contribution in [0.2, 0.25) is 0 Å². The summed E-state index contributed by atoms with van der Waals surface area (Å²) >= 11 is 0. The molecule has 1 aliphatic heterocycles. The molecule has 9 heteroatoms. The molecule has 0 radical (unpaired) electrons. The summed E-state index contributed by atoms with van der Waals surface area (Å²) in [5.41, 5.74) is 2.67. The Balaban J connectivity index is 1.74. The van der Waals surface area contributed by atoms with Crippen molar-refractivity contribution in [1.82, 2.24) is 24.8 Å². The van der Waals surface area contributed by atoms with E-state index in [9.17, 15) is 4.79 Å². The first kappa shape index (κ1) is 20.0. The van der Waals surface area contributed by atoms with Crippen molar-refractivity contribution in [3.8, 4) is 11.5 Å². The molecule has 1 amide bonds. The number of aromatic amines is 1. The zero-order valence-electron chi connectivity index (χ0n) is 17.4. The Morgan fingerprint density at radius 2 is 2.07 bits per heavy atom. The largest absolute Gasteiger partial charge is 0.493 e. The second-order valence-corrected chi connectivity index (χ2v) is 7.45. The molecule has 158 valence electrons. The summed E-state index contributed by atoms with van der Waals surface area (Å²) < 4.78 is 11.2. The van der Waals surface area contributed by atoms with Gasteiger partial charge in [0.05, 0.1) is 12.5 Å². The Hall–Kier alpha value is -3.33. The minimum atomic E-state index is -0.0735. The molecule has 0 saturated heterocycles. The van der Waals surface area contributed by atoms with Crippen molar-refractivity contribution in [1.29, 1.82) is 0 Å². The van der Waals surface area contributed by atoms with Crippen molar-refractivity contribution in [2.24, 2.45) is 0 Å². The second kappa shape index (κ2) is 8.58. The van der Waals surface area contributed by atoms with Gasteiger partial charge in [0.2, 0.25) is 0 Å². The van der Waals surface area contributed by atoms with Gasteiger partial charge in [-0.15, -0.1) is 0 Å². The minimum absolute atomic E-state index is 0.0497. The van der Waals surface area contributed by atoms with Crippen LogP contribution in [0.5, 0.6) is 11.5 Å². The quantitative estimate of drug-likeness (QED) is 0.636. The SMILES string of the molecule is COc1ccc2cc1OCC(=O)N(C)CCCN(C)Cc1c[nH]c3ncnc(c13)N2. The summed E-state index contributed by atoms with van der Waals surface area (Å²) in [5, 5.41) is 4.32. The smallest absolute Gasteiger partial charge is 0.260 e. The highest BCUT2D eigenvalue weighted by molar-refractivity contribution is 5.92. The number of anilines is 2. The topological polar surface area (TPSA) is 95.6 Å². The van der Waals surface area contributed by atoms with Gasteiger partial charge in [0.25, 0.3) is 5.91 Å². The molecule has 2 bridgehead atoms. The molecule has 0 saturated carbocycles. The maximum absolute atomic E-state index is 12.4. The molecule has 0 fully saturated rings. The van der Waals surface area contributed by atoms with Gasteiger partial charge >= 0.3 is 0 Å². The van der Waals surface area contributed by atoms with Crippen LogP contribution in [0.4, 0.5) is 11.5 Å². The number of nitrogens with zero attached hydrogens (tertiary/aromatic N) is 4. The predicted molar refractivity (Wildman–Crippen MR) is 114 cm³/mol. The molecule has 1 aliphatic rings. The average Bonchev–Trinajstić information content (AvgIpc) is 3.15. The van der Waals surface area contributed by atoms with Crippen LogP contribution in [0, 0.1) is 0 Å². The van der Waals surface area contributed by atoms with Crippen LogP contribution in [-0.4, -0.2) is 71.6 Å². The van der Waals surface area contributed by atoms with Gasteiger partial charge in [-0.3, -0.25) is 4.79 Å². The van der Waals surface area contributed by atoms with Crippen LogP contribution in [-0.2, 0) is 11.3 Å². The van der Waals surface area contributed by atoms with Crippen LogP contribution in [0.1, 0.15) is 12.0 Å². The number of H-pyrrole nitrogens is 1. The van der Waals surface area contributed by atoms with Gasteiger partial charge in [0.1, 0.15) is 17.8 Å². The fourth-order valence-electron chi connectivity index (χ4n) is 3.57. The molecule has 2 N–H and O–H groups in total. The molecular formula is C21H26N6O3. The third-order valence-electron chi connectivity index (χ3n) is 5.23. The third kappa shape index (κ3) is 4.16. The van der Waals surface area contributed by atoms with Gasteiger partial charge in [0, 0.05) is 38.1 Å². The van der Waals surface area contributed by atoms with E-state index in [1.54, 1.807) is 25.1 Å². The molecule has 9 nitrogen and oxygen atoms in total. The van der Waals surface area contributed by atoms with Gasteiger partial charge in [-0.2, -0.15) is 0 Å².